The molecule has 1 aromatic carbocycles. The van der Waals surface area contributed by atoms with Gasteiger partial charge in [-0.05, 0) is 6.07 Å². The molecule has 2 rings (SSSR count). The first-order chi connectivity index (χ1) is 8.67. The number of nitrogen functional groups attached to an aromatic ring is 1. The first kappa shape index (κ1) is 12.6. The summed E-state index contributed by atoms with van der Waals surface area (Å²) in [5.74, 6) is 1.78. The monoisotopic (exact) mass is 267 g/mol. The molecule has 0 spiro atoms. The van der Waals surface area contributed by atoms with Gasteiger partial charge in [0.2, 0.25) is 0 Å². The molecule has 18 heavy (non-hydrogen) atoms. The van der Waals surface area contributed by atoms with Crippen molar-refractivity contribution in [2.45, 2.75) is 6.54 Å². The Hall–Kier alpha value is -1.88. The molecular formula is C12H14ClN3O2. The standard InChI is InChI=1S/C12H14ClN3O2/c1-17-10-5-3-4-8(11(10)18-2)7-16-12(14)9(13)6-15-16/h3-6H,7,14H2,1-2H3. The maximum Gasteiger partial charge on any atom is 0.165 e. The van der Waals surface area contributed by atoms with E-state index in [1.807, 2.05) is 18.2 Å². The number of hydrogen-bond donors (Lipinski definition) is 1. The van der Waals surface area contributed by atoms with Crippen LogP contribution >= 0.6 is 11.6 Å². The first-order valence-electron chi connectivity index (χ1n) is 5.34. The van der Waals surface area contributed by atoms with Crippen LogP contribution in [-0.4, -0.2) is 24.0 Å². The largest absolute Gasteiger partial charge is 0.493 e. The Bertz CT molecular complexity index is 554. The van der Waals surface area contributed by atoms with Gasteiger partial charge in [-0.15, -0.1) is 0 Å². The van der Waals surface area contributed by atoms with Crippen LogP contribution in [0.2, 0.25) is 5.02 Å². The number of aromatic nitrogens is 2. The van der Waals surface area contributed by atoms with Crippen LogP contribution in [0.5, 0.6) is 11.5 Å². The highest BCUT2D eigenvalue weighted by Crippen LogP contribution is 2.31. The van der Waals surface area contributed by atoms with Gasteiger partial charge in [0.25, 0.3) is 0 Å². The zero-order valence-corrected chi connectivity index (χ0v) is 10.9. The van der Waals surface area contributed by atoms with Gasteiger partial charge < -0.3 is 15.2 Å². The van der Waals surface area contributed by atoms with Crippen molar-refractivity contribution in [3.63, 3.8) is 0 Å². The van der Waals surface area contributed by atoms with Gasteiger partial charge >= 0.3 is 0 Å². The topological polar surface area (TPSA) is 62.3 Å². The third-order valence-corrected chi connectivity index (χ3v) is 2.93. The molecular weight excluding hydrogens is 254 g/mol. The number of ether oxygens (including phenoxy) is 2. The molecule has 1 heterocycles. The minimum Gasteiger partial charge on any atom is -0.493 e. The van der Waals surface area contributed by atoms with E-state index in [1.54, 1.807) is 18.9 Å². The van der Waals surface area contributed by atoms with E-state index >= 15 is 0 Å². The number of para-hydroxylation sites is 1. The quantitative estimate of drug-likeness (QED) is 0.922. The number of nitrogens with two attached hydrogens (primary N) is 1. The average Bonchev–Trinajstić information content (AvgIpc) is 2.70. The lowest BCUT2D eigenvalue weighted by Gasteiger charge is -2.13. The van der Waals surface area contributed by atoms with E-state index in [4.69, 9.17) is 26.8 Å². The molecule has 0 aliphatic heterocycles. The summed E-state index contributed by atoms with van der Waals surface area (Å²) in [4.78, 5) is 0. The molecule has 1 aromatic heterocycles. The Kier molecular flexibility index (Phi) is 3.62. The Morgan fingerprint density at radius 2 is 2.11 bits per heavy atom. The van der Waals surface area contributed by atoms with E-state index < -0.39 is 0 Å². The molecule has 2 aromatic rings. The van der Waals surface area contributed by atoms with Gasteiger partial charge in [-0.2, -0.15) is 5.10 Å². The summed E-state index contributed by atoms with van der Waals surface area (Å²) in [6.45, 7) is 0.471. The van der Waals surface area contributed by atoms with Gasteiger partial charge in [0.1, 0.15) is 10.8 Å². The zero-order chi connectivity index (χ0) is 13.1. The van der Waals surface area contributed by atoms with Crippen LogP contribution in [0.15, 0.2) is 24.4 Å². The van der Waals surface area contributed by atoms with Gasteiger partial charge in [0.15, 0.2) is 11.5 Å². The second-order valence-electron chi connectivity index (χ2n) is 3.69. The first-order valence-corrected chi connectivity index (χ1v) is 5.71. The van der Waals surface area contributed by atoms with Gasteiger partial charge in [0.05, 0.1) is 27.0 Å². The number of benzene rings is 1. The minimum atomic E-state index is 0.432. The summed E-state index contributed by atoms with van der Waals surface area (Å²) < 4.78 is 12.2. The number of nitrogens with zero attached hydrogens (tertiary/aromatic N) is 2. The van der Waals surface area contributed by atoms with Crippen LogP contribution in [-0.2, 0) is 6.54 Å². The van der Waals surface area contributed by atoms with Crippen LogP contribution < -0.4 is 15.2 Å². The van der Waals surface area contributed by atoms with Crippen molar-refractivity contribution in [3.8, 4) is 11.5 Å². The predicted molar refractivity (Wildman–Crippen MR) is 70.3 cm³/mol. The summed E-state index contributed by atoms with van der Waals surface area (Å²) in [5.41, 5.74) is 6.73. The SMILES string of the molecule is COc1cccc(Cn2ncc(Cl)c2N)c1OC. The Morgan fingerprint density at radius 1 is 1.33 bits per heavy atom. The maximum absolute atomic E-state index is 5.86. The van der Waals surface area contributed by atoms with Crippen LogP contribution in [0.1, 0.15) is 5.56 Å². The van der Waals surface area contributed by atoms with Crippen molar-refractivity contribution in [2.75, 3.05) is 20.0 Å². The smallest absolute Gasteiger partial charge is 0.165 e. The maximum atomic E-state index is 5.86. The number of rotatable bonds is 4. The molecule has 0 aliphatic rings. The normalized spacial score (nSPS) is 10.4. The Morgan fingerprint density at radius 3 is 2.67 bits per heavy atom. The lowest BCUT2D eigenvalue weighted by Crippen LogP contribution is -2.07. The second-order valence-corrected chi connectivity index (χ2v) is 4.10. The Balaban J connectivity index is 2.37. The van der Waals surface area contributed by atoms with E-state index in [1.165, 1.54) is 6.20 Å². The minimum absolute atomic E-state index is 0.432. The fraction of sp³-hybridized carbons (Fsp3) is 0.250. The summed E-state index contributed by atoms with van der Waals surface area (Å²) in [5, 5.41) is 4.55. The fourth-order valence-corrected chi connectivity index (χ4v) is 1.88. The van der Waals surface area contributed by atoms with Crippen molar-refractivity contribution in [1.29, 1.82) is 0 Å². The third kappa shape index (κ3) is 2.22. The van der Waals surface area contributed by atoms with Crippen LogP contribution in [0.3, 0.4) is 0 Å². The van der Waals surface area contributed by atoms with Gasteiger partial charge in [0, 0.05) is 5.56 Å². The lowest BCUT2D eigenvalue weighted by atomic mass is 10.2. The van der Waals surface area contributed by atoms with E-state index in [-0.39, 0.29) is 0 Å². The van der Waals surface area contributed by atoms with E-state index in [2.05, 4.69) is 5.10 Å². The van der Waals surface area contributed by atoms with Gasteiger partial charge in [-0.25, -0.2) is 4.68 Å². The molecule has 96 valence electrons. The number of anilines is 1. The molecule has 0 unspecified atom stereocenters. The number of halogens is 1. The van der Waals surface area contributed by atoms with Gasteiger partial charge in [-0.1, -0.05) is 23.7 Å². The predicted octanol–water partition coefficient (Wildman–Crippen LogP) is 2.18. The third-order valence-electron chi connectivity index (χ3n) is 2.64. The molecule has 0 saturated carbocycles. The molecule has 0 atom stereocenters. The molecule has 0 fully saturated rings. The Labute approximate surface area is 110 Å². The average molecular weight is 268 g/mol. The number of methoxy groups -OCH3 is 2. The zero-order valence-electron chi connectivity index (χ0n) is 10.2. The van der Waals surface area contributed by atoms with Crippen LogP contribution in [0.25, 0.3) is 0 Å². The highest BCUT2D eigenvalue weighted by Gasteiger charge is 2.12. The summed E-state index contributed by atoms with van der Waals surface area (Å²) in [7, 11) is 3.20. The van der Waals surface area contributed by atoms with Crippen LogP contribution in [0, 0.1) is 0 Å². The van der Waals surface area contributed by atoms with E-state index in [0.29, 0.717) is 28.9 Å². The molecule has 2 N–H and O–H groups in total. The van der Waals surface area contributed by atoms with Crippen molar-refractivity contribution < 1.29 is 9.47 Å². The summed E-state index contributed by atoms with van der Waals surface area (Å²) >= 11 is 5.86. The number of hydrogen-bond acceptors (Lipinski definition) is 4. The molecule has 0 aliphatic carbocycles. The highest BCUT2D eigenvalue weighted by molar-refractivity contribution is 6.32. The van der Waals surface area contributed by atoms with E-state index in [0.717, 1.165) is 5.56 Å². The second kappa shape index (κ2) is 5.18. The molecule has 0 radical (unpaired) electrons. The molecule has 5 nitrogen and oxygen atoms in total. The van der Waals surface area contributed by atoms with E-state index in [9.17, 15) is 0 Å². The highest BCUT2D eigenvalue weighted by atomic mass is 35.5. The fourth-order valence-electron chi connectivity index (χ4n) is 1.74. The summed E-state index contributed by atoms with van der Waals surface area (Å²) in [6, 6.07) is 5.65. The summed E-state index contributed by atoms with van der Waals surface area (Å²) in [6.07, 6.45) is 1.52. The van der Waals surface area contributed by atoms with Crippen molar-refractivity contribution in [2.24, 2.45) is 0 Å². The molecule has 0 saturated heterocycles. The van der Waals surface area contributed by atoms with Crippen LogP contribution in [0.4, 0.5) is 5.82 Å². The van der Waals surface area contributed by atoms with Gasteiger partial charge in [-0.3, -0.25) is 0 Å². The van der Waals surface area contributed by atoms with Crippen molar-refractivity contribution in [1.82, 2.24) is 9.78 Å². The molecule has 0 amide bonds. The molecule has 0 bridgehead atoms. The van der Waals surface area contributed by atoms with Crippen molar-refractivity contribution >= 4 is 17.4 Å². The van der Waals surface area contributed by atoms with Crippen molar-refractivity contribution in [3.05, 3.63) is 35.0 Å². The molecule has 6 heteroatoms. The lowest BCUT2D eigenvalue weighted by molar-refractivity contribution is 0.350.